The first-order valence-corrected chi connectivity index (χ1v) is 6.93. The van der Waals surface area contributed by atoms with E-state index in [0.29, 0.717) is 17.8 Å². The van der Waals surface area contributed by atoms with Crippen molar-refractivity contribution in [2.45, 2.75) is 31.8 Å². The lowest BCUT2D eigenvalue weighted by Gasteiger charge is -2.29. The SMILES string of the molecule is CC1CC(Nc2c(C#N)nnc3ccccc23)CCN1. The van der Waals surface area contributed by atoms with Gasteiger partial charge < -0.3 is 10.6 Å². The van der Waals surface area contributed by atoms with Gasteiger partial charge in [-0.1, -0.05) is 18.2 Å². The summed E-state index contributed by atoms with van der Waals surface area (Å²) >= 11 is 0. The van der Waals surface area contributed by atoms with Crippen molar-refractivity contribution < 1.29 is 0 Å². The second-order valence-corrected chi connectivity index (χ2v) is 5.27. The Hall–Kier alpha value is -2.19. The molecular formula is C15H17N5. The minimum Gasteiger partial charge on any atom is -0.379 e. The summed E-state index contributed by atoms with van der Waals surface area (Å²) in [6.07, 6.45) is 2.09. The van der Waals surface area contributed by atoms with Crippen molar-refractivity contribution in [1.29, 1.82) is 5.26 Å². The topological polar surface area (TPSA) is 73.6 Å². The number of nitrogens with zero attached hydrogens (tertiary/aromatic N) is 3. The first-order chi connectivity index (χ1) is 9.78. The third-order valence-corrected chi connectivity index (χ3v) is 3.75. The van der Waals surface area contributed by atoms with Crippen LogP contribution in [0.1, 0.15) is 25.5 Å². The van der Waals surface area contributed by atoms with Crippen LogP contribution < -0.4 is 10.6 Å². The molecule has 0 aliphatic carbocycles. The molecule has 5 nitrogen and oxygen atoms in total. The van der Waals surface area contributed by atoms with Crippen LogP contribution in [-0.2, 0) is 0 Å². The van der Waals surface area contributed by atoms with E-state index < -0.39 is 0 Å². The van der Waals surface area contributed by atoms with Crippen LogP contribution in [0.4, 0.5) is 5.69 Å². The minimum absolute atomic E-state index is 0.367. The summed E-state index contributed by atoms with van der Waals surface area (Å²) in [5.41, 5.74) is 2.00. The maximum atomic E-state index is 9.25. The Balaban J connectivity index is 1.98. The van der Waals surface area contributed by atoms with E-state index in [0.717, 1.165) is 36.0 Å². The summed E-state index contributed by atoms with van der Waals surface area (Å²) in [5, 5.41) is 25.3. The third kappa shape index (κ3) is 2.43. The molecule has 0 bridgehead atoms. The largest absolute Gasteiger partial charge is 0.379 e. The van der Waals surface area contributed by atoms with Crippen LogP contribution in [0, 0.1) is 11.3 Å². The van der Waals surface area contributed by atoms with Crippen LogP contribution in [0.3, 0.4) is 0 Å². The van der Waals surface area contributed by atoms with Crippen LogP contribution in [0.15, 0.2) is 24.3 Å². The van der Waals surface area contributed by atoms with E-state index in [4.69, 9.17) is 0 Å². The van der Waals surface area contributed by atoms with E-state index in [1.165, 1.54) is 0 Å². The van der Waals surface area contributed by atoms with Crippen molar-refractivity contribution in [2.75, 3.05) is 11.9 Å². The summed E-state index contributed by atoms with van der Waals surface area (Å²) in [6, 6.07) is 10.8. The molecule has 0 spiro atoms. The van der Waals surface area contributed by atoms with E-state index in [9.17, 15) is 5.26 Å². The van der Waals surface area contributed by atoms with E-state index in [2.05, 4.69) is 33.8 Å². The van der Waals surface area contributed by atoms with Crippen LogP contribution in [0.2, 0.25) is 0 Å². The molecule has 20 heavy (non-hydrogen) atoms. The fraction of sp³-hybridized carbons (Fsp3) is 0.400. The molecule has 1 aromatic heterocycles. The predicted molar refractivity (Wildman–Crippen MR) is 78.4 cm³/mol. The monoisotopic (exact) mass is 267 g/mol. The van der Waals surface area contributed by atoms with Gasteiger partial charge in [0.2, 0.25) is 0 Å². The molecular weight excluding hydrogens is 250 g/mol. The van der Waals surface area contributed by atoms with Crippen molar-refractivity contribution in [2.24, 2.45) is 0 Å². The Morgan fingerprint density at radius 2 is 2.20 bits per heavy atom. The average molecular weight is 267 g/mol. The number of piperidine rings is 1. The summed E-state index contributed by atoms with van der Waals surface area (Å²) < 4.78 is 0. The molecule has 3 rings (SSSR count). The molecule has 2 N–H and O–H groups in total. The van der Waals surface area contributed by atoms with E-state index in [1.807, 2.05) is 24.3 Å². The fourth-order valence-electron chi connectivity index (χ4n) is 2.75. The van der Waals surface area contributed by atoms with Crippen molar-refractivity contribution >= 4 is 16.6 Å². The second kappa shape index (κ2) is 5.43. The minimum atomic E-state index is 0.367. The molecule has 2 heterocycles. The molecule has 1 aromatic carbocycles. The van der Waals surface area contributed by atoms with Gasteiger partial charge in [-0.05, 0) is 32.4 Å². The van der Waals surface area contributed by atoms with Gasteiger partial charge in [0.25, 0.3) is 0 Å². The fourth-order valence-corrected chi connectivity index (χ4v) is 2.75. The molecule has 1 aliphatic heterocycles. The highest BCUT2D eigenvalue weighted by Crippen LogP contribution is 2.26. The maximum absolute atomic E-state index is 9.25. The smallest absolute Gasteiger partial charge is 0.186 e. The Morgan fingerprint density at radius 3 is 3.00 bits per heavy atom. The van der Waals surface area contributed by atoms with Gasteiger partial charge in [-0.25, -0.2) is 0 Å². The number of nitriles is 1. The lowest BCUT2D eigenvalue weighted by molar-refractivity contribution is 0.396. The quantitative estimate of drug-likeness (QED) is 0.871. The number of fused-ring (bicyclic) bond motifs is 1. The van der Waals surface area contributed by atoms with Crippen LogP contribution >= 0.6 is 0 Å². The van der Waals surface area contributed by atoms with E-state index in [1.54, 1.807) is 0 Å². The highest BCUT2D eigenvalue weighted by Gasteiger charge is 2.20. The highest BCUT2D eigenvalue weighted by molar-refractivity contribution is 5.92. The third-order valence-electron chi connectivity index (χ3n) is 3.75. The number of aromatic nitrogens is 2. The van der Waals surface area contributed by atoms with Gasteiger partial charge in [-0.3, -0.25) is 0 Å². The zero-order chi connectivity index (χ0) is 13.9. The average Bonchev–Trinajstić information content (AvgIpc) is 2.48. The summed E-state index contributed by atoms with van der Waals surface area (Å²) in [7, 11) is 0. The van der Waals surface area contributed by atoms with E-state index in [-0.39, 0.29) is 0 Å². The molecule has 2 aromatic rings. The van der Waals surface area contributed by atoms with Gasteiger partial charge in [-0.15, -0.1) is 10.2 Å². The maximum Gasteiger partial charge on any atom is 0.186 e. The van der Waals surface area contributed by atoms with Gasteiger partial charge in [0.15, 0.2) is 5.69 Å². The number of nitrogens with one attached hydrogen (secondary N) is 2. The highest BCUT2D eigenvalue weighted by atomic mass is 15.1. The molecule has 2 atom stereocenters. The van der Waals surface area contributed by atoms with Crippen LogP contribution in [0.25, 0.3) is 10.9 Å². The van der Waals surface area contributed by atoms with Gasteiger partial charge >= 0.3 is 0 Å². The molecule has 1 aliphatic rings. The predicted octanol–water partition coefficient (Wildman–Crippen LogP) is 2.05. The molecule has 0 radical (unpaired) electrons. The lowest BCUT2D eigenvalue weighted by atomic mass is 10.00. The molecule has 2 unspecified atom stereocenters. The number of hydrogen-bond acceptors (Lipinski definition) is 5. The molecule has 5 heteroatoms. The first-order valence-electron chi connectivity index (χ1n) is 6.93. The Kier molecular flexibility index (Phi) is 3.48. The Bertz CT molecular complexity index is 661. The number of anilines is 1. The normalized spacial score (nSPS) is 22.4. The molecule has 0 amide bonds. The van der Waals surface area contributed by atoms with Crippen molar-refractivity contribution in [1.82, 2.24) is 15.5 Å². The molecule has 0 saturated carbocycles. The zero-order valence-corrected chi connectivity index (χ0v) is 11.4. The molecule has 1 fully saturated rings. The summed E-state index contributed by atoms with van der Waals surface area (Å²) in [4.78, 5) is 0. The van der Waals surface area contributed by atoms with Gasteiger partial charge in [0, 0.05) is 17.5 Å². The number of rotatable bonds is 2. The van der Waals surface area contributed by atoms with Gasteiger partial charge in [0.05, 0.1) is 11.2 Å². The van der Waals surface area contributed by atoms with Crippen molar-refractivity contribution in [3.05, 3.63) is 30.0 Å². The second-order valence-electron chi connectivity index (χ2n) is 5.27. The Labute approximate surface area is 118 Å². The standard InChI is InChI=1S/C15H17N5/c1-10-8-11(6-7-17-10)18-15-12-4-2-3-5-13(12)19-20-14(15)9-16/h2-5,10-11,17H,6-8H2,1H3,(H,18,19). The van der Waals surface area contributed by atoms with Gasteiger partial charge in [-0.2, -0.15) is 5.26 Å². The van der Waals surface area contributed by atoms with Crippen molar-refractivity contribution in [3.63, 3.8) is 0 Å². The summed E-state index contributed by atoms with van der Waals surface area (Å²) in [6.45, 7) is 3.18. The van der Waals surface area contributed by atoms with Crippen molar-refractivity contribution in [3.8, 4) is 6.07 Å². The molecule has 1 saturated heterocycles. The number of hydrogen-bond donors (Lipinski definition) is 2. The van der Waals surface area contributed by atoms with E-state index >= 15 is 0 Å². The van der Waals surface area contributed by atoms with Gasteiger partial charge in [0.1, 0.15) is 6.07 Å². The summed E-state index contributed by atoms with van der Waals surface area (Å²) in [5.74, 6) is 0. The zero-order valence-electron chi connectivity index (χ0n) is 11.4. The number of benzene rings is 1. The lowest BCUT2D eigenvalue weighted by Crippen LogP contribution is -2.41. The van der Waals surface area contributed by atoms with Crippen LogP contribution in [-0.4, -0.2) is 28.8 Å². The van der Waals surface area contributed by atoms with Crippen LogP contribution in [0.5, 0.6) is 0 Å². The molecule has 102 valence electrons. The first kappa shape index (κ1) is 12.8. The Morgan fingerprint density at radius 1 is 1.35 bits per heavy atom.